The van der Waals surface area contributed by atoms with Crippen LogP contribution in [0.25, 0.3) is 0 Å². The molecule has 1 aliphatic carbocycles. The summed E-state index contributed by atoms with van der Waals surface area (Å²) in [5.74, 6) is 0.732. The van der Waals surface area contributed by atoms with Crippen LogP contribution in [-0.2, 0) is 4.79 Å². The molecule has 2 atom stereocenters. The molecule has 0 saturated heterocycles. The number of aromatic nitrogens is 2. The molecule has 2 aromatic rings. The molecule has 20 heavy (non-hydrogen) atoms. The molecule has 1 heterocycles. The van der Waals surface area contributed by atoms with E-state index >= 15 is 0 Å². The minimum absolute atomic E-state index is 0.0118. The zero-order valence-electron chi connectivity index (χ0n) is 10.4. The van der Waals surface area contributed by atoms with Gasteiger partial charge in [-0.15, -0.1) is 0 Å². The highest BCUT2D eigenvalue weighted by Gasteiger charge is 2.44. The Kier molecular flexibility index (Phi) is 3.72. The molecule has 1 aromatic carbocycles. The third-order valence-corrected chi connectivity index (χ3v) is 3.96. The summed E-state index contributed by atoms with van der Waals surface area (Å²) in [5, 5.41) is 3.51. The first-order chi connectivity index (χ1) is 9.63. The number of halogens is 2. The first-order valence-electron chi connectivity index (χ1n) is 6.17. The monoisotopic (exact) mass is 351 g/mol. The van der Waals surface area contributed by atoms with E-state index in [1.807, 2.05) is 24.3 Å². The van der Waals surface area contributed by atoms with Crippen molar-refractivity contribution in [3.63, 3.8) is 0 Å². The highest BCUT2D eigenvalue weighted by molar-refractivity contribution is 9.10. The quantitative estimate of drug-likeness (QED) is 0.858. The third kappa shape index (κ3) is 2.99. The van der Waals surface area contributed by atoms with Crippen LogP contribution >= 0.6 is 27.5 Å². The molecule has 4 nitrogen and oxygen atoms in total. The van der Waals surface area contributed by atoms with Gasteiger partial charge in [-0.2, -0.15) is 0 Å². The van der Waals surface area contributed by atoms with Crippen molar-refractivity contribution in [3.8, 4) is 0 Å². The third-order valence-electron chi connectivity index (χ3n) is 3.29. The summed E-state index contributed by atoms with van der Waals surface area (Å²) in [7, 11) is 0. The summed E-state index contributed by atoms with van der Waals surface area (Å²) in [6.45, 7) is 0. The highest BCUT2D eigenvalue weighted by Crippen LogP contribution is 2.48. The van der Waals surface area contributed by atoms with E-state index in [2.05, 4.69) is 31.2 Å². The molecule has 1 aromatic heterocycles. The fourth-order valence-electron chi connectivity index (χ4n) is 2.21. The Balaban J connectivity index is 1.66. The Bertz CT molecular complexity index is 664. The maximum atomic E-state index is 12.1. The van der Waals surface area contributed by atoms with Crippen molar-refractivity contribution in [1.29, 1.82) is 0 Å². The van der Waals surface area contributed by atoms with Crippen LogP contribution in [0.2, 0.25) is 5.02 Å². The topological polar surface area (TPSA) is 54.9 Å². The molecule has 6 heteroatoms. The van der Waals surface area contributed by atoms with Crippen LogP contribution in [0.1, 0.15) is 17.9 Å². The Labute approximate surface area is 129 Å². The van der Waals surface area contributed by atoms with Gasteiger partial charge >= 0.3 is 0 Å². The van der Waals surface area contributed by atoms with Gasteiger partial charge in [0.25, 0.3) is 0 Å². The van der Waals surface area contributed by atoms with Gasteiger partial charge in [-0.05, 0) is 46.0 Å². The minimum atomic E-state index is -0.0134. The smallest absolute Gasteiger partial charge is 0.229 e. The number of hydrogen-bond acceptors (Lipinski definition) is 3. The number of hydrogen-bond donors (Lipinski definition) is 1. The summed E-state index contributed by atoms with van der Waals surface area (Å²) in [4.78, 5) is 20.1. The first kappa shape index (κ1) is 13.5. The molecule has 0 spiro atoms. The predicted molar refractivity (Wildman–Crippen MR) is 80.7 cm³/mol. The van der Waals surface area contributed by atoms with Crippen LogP contribution in [0.15, 0.2) is 41.3 Å². The molecule has 1 amide bonds. The van der Waals surface area contributed by atoms with Gasteiger partial charge in [0.1, 0.15) is 16.7 Å². The molecule has 3 rings (SSSR count). The number of carbonyl (C=O) groups excluding carboxylic acids is 1. The van der Waals surface area contributed by atoms with Gasteiger partial charge in [0.2, 0.25) is 5.91 Å². The van der Waals surface area contributed by atoms with Gasteiger partial charge in [0.15, 0.2) is 0 Å². The second-order valence-electron chi connectivity index (χ2n) is 4.72. The van der Waals surface area contributed by atoms with E-state index < -0.39 is 0 Å². The van der Waals surface area contributed by atoms with Gasteiger partial charge < -0.3 is 5.32 Å². The van der Waals surface area contributed by atoms with E-state index in [0.717, 1.165) is 12.0 Å². The summed E-state index contributed by atoms with van der Waals surface area (Å²) >= 11 is 9.21. The Morgan fingerprint density at radius 2 is 2.20 bits per heavy atom. The number of carbonyl (C=O) groups is 1. The van der Waals surface area contributed by atoms with E-state index in [4.69, 9.17) is 11.6 Å². The lowest BCUT2D eigenvalue weighted by Crippen LogP contribution is -2.15. The minimum Gasteiger partial charge on any atom is -0.310 e. The van der Waals surface area contributed by atoms with Crippen molar-refractivity contribution in [2.75, 3.05) is 5.32 Å². The second kappa shape index (κ2) is 5.50. The number of benzene rings is 1. The number of anilines is 1. The van der Waals surface area contributed by atoms with Crippen molar-refractivity contribution in [1.82, 2.24) is 9.97 Å². The molecule has 0 aliphatic heterocycles. The Hall–Kier alpha value is -1.46. The van der Waals surface area contributed by atoms with Gasteiger partial charge in [0, 0.05) is 17.0 Å². The lowest BCUT2D eigenvalue weighted by atomic mass is 10.1. The standard InChI is InChI=1S/C14H11BrClN3O/c15-12-6-13(18-7-17-12)19-14(20)11-5-10(11)8-2-1-3-9(16)4-8/h1-4,6-7,10-11H,5H2,(H,17,18,19,20). The number of nitrogens with one attached hydrogen (secondary N) is 1. The normalized spacial score (nSPS) is 20.5. The molecular weight excluding hydrogens is 342 g/mol. The molecule has 1 N–H and O–H groups in total. The molecule has 0 radical (unpaired) electrons. The molecule has 2 unspecified atom stereocenters. The maximum absolute atomic E-state index is 12.1. The van der Waals surface area contributed by atoms with Crippen LogP contribution in [-0.4, -0.2) is 15.9 Å². The summed E-state index contributed by atoms with van der Waals surface area (Å²) in [5.41, 5.74) is 1.11. The van der Waals surface area contributed by atoms with Crippen LogP contribution in [0.4, 0.5) is 5.82 Å². The molecule has 102 valence electrons. The van der Waals surface area contributed by atoms with E-state index in [1.165, 1.54) is 6.33 Å². The SMILES string of the molecule is O=C(Nc1cc(Br)ncn1)C1CC1c1cccc(Cl)c1. The van der Waals surface area contributed by atoms with Gasteiger partial charge in [0.05, 0.1) is 0 Å². The fraction of sp³-hybridized carbons (Fsp3) is 0.214. The van der Waals surface area contributed by atoms with E-state index in [9.17, 15) is 4.79 Å². The average Bonchev–Trinajstić information content (AvgIpc) is 3.19. The zero-order chi connectivity index (χ0) is 14.1. The van der Waals surface area contributed by atoms with E-state index in [1.54, 1.807) is 6.07 Å². The lowest BCUT2D eigenvalue weighted by molar-refractivity contribution is -0.117. The number of amides is 1. The number of nitrogens with zero attached hydrogens (tertiary/aromatic N) is 2. The van der Waals surface area contributed by atoms with Crippen molar-refractivity contribution in [2.24, 2.45) is 5.92 Å². The van der Waals surface area contributed by atoms with Crippen LogP contribution in [0.5, 0.6) is 0 Å². The molecular formula is C14H11BrClN3O. The highest BCUT2D eigenvalue weighted by atomic mass is 79.9. The van der Waals surface area contributed by atoms with E-state index in [0.29, 0.717) is 15.4 Å². The Morgan fingerprint density at radius 1 is 1.35 bits per heavy atom. The number of rotatable bonds is 3. The van der Waals surface area contributed by atoms with Crippen molar-refractivity contribution >= 4 is 39.3 Å². The van der Waals surface area contributed by atoms with Gasteiger partial charge in [-0.25, -0.2) is 9.97 Å². The zero-order valence-corrected chi connectivity index (χ0v) is 12.7. The van der Waals surface area contributed by atoms with E-state index in [-0.39, 0.29) is 17.7 Å². The summed E-state index contributed by atoms with van der Waals surface area (Å²) in [6.07, 6.45) is 2.25. The largest absolute Gasteiger partial charge is 0.310 e. The van der Waals surface area contributed by atoms with Crippen LogP contribution in [0.3, 0.4) is 0 Å². The summed E-state index contributed by atoms with van der Waals surface area (Å²) in [6, 6.07) is 9.34. The molecule has 0 bridgehead atoms. The lowest BCUT2D eigenvalue weighted by Gasteiger charge is -2.04. The predicted octanol–water partition coefficient (Wildman–Crippen LogP) is 3.63. The van der Waals surface area contributed by atoms with Crippen molar-refractivity contribution in [2.45, 2.75) is 12.3 Å². The van der Waals surface area contributed by atoms with Gasteiger partial charge in [-0.1, -0.05) is 23.7 Å². The molecule has 1 fully saturated rings. The van der Waals surface area contributed by atoms with Gasteiger partial charge in [-0.3, -0.25) is 4.79 Å². The fourth-order valence-corrected chi connectivity index (χ4v) is 2.72. The summed E-state index contributed by atoms with van der Waals surface area (Å²) < 4.78 is 0.644. The molecule has 1 saturated carbocycles. The Morgan fingerprint density at radius 3 is 2.95 bits per heavy atom. The van der Waals surface area contributed by atoms with Crippen LogP contribution < -0.4 is 5.32 Å². The van der Waals surface area contributed by atoms with Crippen LogP contribution in [0, 0.1) is 5.92 Å². The first-order valence-corrected chi connectivity index (χ1v) is 7.34. The second-order valence-corrected chi connectivity index (χ2v) is 5.97. The van der Waals surface area contributed by atoms with Crippen molar-refractivity contribution < 1.29 is 4.79 Å². The average molecular weight is 353 g/mol. The van der Waals surface area contributed by atoms with Crippen molar-refractivity contribution in [3.05, 3.63) is 51.8 Å². The molecule has 1 aliphatic rings. The maximum Gasteiger partial charge on any atom is 0.229 e.